The van der Waals surface area contributed by atoms with E-state index in [0.29, 0.717) is 18.0 Å². The molecule has 0 saturated carbocycles. The third kappa shape index (κ3) is 7.37. The van der Waals surface area contributed by atoms with E-state index in [1.165, 1.54) is 17.3 Å². The minimum absolute atomic E-state index is 0.0540. The Labute approximate surface area is 189 Å². The Balaban J connectivity index is 2.19. The quantitative estimate of drug-likeness (QED) is 0.493. The van der Waals surface area contributed by atoms with Crippen LogP contribution in [-0.2, 0) is 16.1 Å². The first-order chi connectivity index (χ1) is 14.3. The van der Waals surface area contributed by atoms with Crippen LogP contribution in [0.15, 0.2) is 53.4 Å². The van der Waals surface area contributed by atoms with Crippen LogP contribution in [0.3, 0.4) is 0 Å². The standard InChI is InChI=1S/C24H31ClN2O2S/c1-5-18(4)26-24(29)22(6-2)27(15-19-9-11-20(25)12-10-19)23(28)16-30-21-13-7-17(3)8-14-21/h7-14,18,22H,5-6,15-16H2,1-4H3,(H,26,29). The molecule has 0 heterocycles. The predicted molar refractivity (Wildman–Crippen MR) is 126 cm³/mol. The van der Waals surface area contributed by atoms with E-state index < -0.39 is 6.04 Å². The molecule has 1 N–H and O–H groups in total. The Morgan fingerprint density at radius 2 is 1.67 bits per heavy atom. The lowest BCUT2D eigenvalue weighted by Gasteiger charge is -2.31. The highest BCUT2D eigenvalue weighted by Gasteiger charge is 2.29. The number of hydrogen-bond acceptors (Lipinski definition) is 3. The SMILES string of the molecule is CCC(C)NC(=O)C(CC)N(Cc1ccc(Cl)cc1)C(=O)CSc1ccc(C)cc1. The van der Waals surface area contributed by atoms with Gasteiger partial charge in [-0.3, -0.25) is 9.59 Å². The lowest BCUT2D eigenvalue weighted by Crippen LogP contribution is -2.51. The molecule has 0 aliphatic heterocycles. The van der Waals surface area contributed by atoms with Gasteiger partial charge in [0.25, 0.3) is 0 Å². The van der Waals surface area contributed by atoms with Crippen molar-refractivity contribution in [2.24, 2.45) is 0 Å². The first-order valence-electron chi connectivity index (χ1n) is 10.4. The average Bonchev–Trinajstić information content (AvgIpc) is 2.74. The summed E-state index contributed by atoms with van der Waals surface area (Å²) < 4.78 is 0. The molecule has 0 aromatic heterocycles. The molecule has 2 atom stereocenters. The van der Waals surface area contributed by atoms with Gasteiger partial charge in [-0.05, 0) is 56.5 Å². The van der Waals surface area contributed by atoms with Gasteiger partial charge in [0.15, 0.2) is 0 Å². The lowest BCUT2D eigenvalue weighted by atomic mass is 10.1. The highest BCUT2D eigenvalue weighted by atomic mass is 35.5. The van der Waals surface area contributed by atoms with Gasteiger partial charge < -0.3 is 10.2 Å². The van der Waals surface area contributed by atoms with Crippen molar-refractivity contribution >= 4 is 35.2 Å². The fourth-order valence-corrected chi connectivity index (χ4v) is 3.92. The summed E-state index contributed by atoms with van der Waals surface area (Å²) in [6, 6.07) is 15.1. The Morgan fingerprint density at radius 1 is 1.03 bits per heavy atom. The summed E-state index contributed by atoms with van der Waals surface area (Å²) in [6.45, 7) is 8.35. The van der Waals surface area contributed by atoms with Crippen LogP contribution in [0.4, 0.5) is 0 Å². The van der Waals surface area contributed by atoms with E-state index in [9.17, 15) is 9.59 Å². The van der Waals surface area contributed by atoms with Gasteiger partial charge in [0.05, 0.1) is 5.75 Å². The van der Waals surface area contributed by atoms with E-state index in [1.54, 1.807) is 17.0 Å². The van der Waals surface area contributed by atoms with Crippen molar-refractivity contribution in [2.75, 3.05) is 5.75 Å². The molecule has 2 amide bonds. The van der Waals surface area contributed by atoms with Crippen LogP contribution < -0.4 is 5.32 Å². The van der Waals surface area contributed by atoms with E-state index in [0.717, 1.165) is 16.9 Å². The zero-order valence-corrected chi connectivity index (χ0v) is 19.7. The van der Waals surface area contributed by atoms with Gasteiger partial charge in [0, 0.05) is 22.5 Å². The van der Waals surface area contributed by atoms with Crippen molar-refractivity contribution in [1.82, 2.24) is 10.2 Å². The van der Waals surface area contributed by atoms with Crippen LogP contribution in [-0.4, -0.2) is 34.6 Å². The van der Waals surface area contributed by atoms with E-state index in [1.807, 2.05) is 64.1 Å². The third-order valence-electron chi connectivity index (χ3n) is 5.04. The molecule has 4 nitrogen and oxygen atoms in total. The summed E-state index contributed by atoms with van der Waals surface area (Å²) in [5, 5.41) is 3.68. The molecule has 6 heteroatoms. The number of nitrogens with zero attached hydrogens (tertiary/aromatic N) is 1. The fraction of sp³-hybridized carbons (Fsp3) is 0.417. The molecule has 2 aromatic carbocycles. The zero-order valence-electron chi connectivity index (χ0n) is 18.2. The molecule has 0 bridgehead atoms. The van der Waals surface area contributed by atoms with Crippen LogP contribution in [0, 0.1) is 6.92 Å². The number of aryl methyl sites for hydroxylation is 1. The number of thioether (sulfide) groups is 1. The van der Waals surface area contributed by atoms with Gasteiger partial charge in [-0.1, -0.05) is 55.3 Å². The Morgan fingerprint density at radius 3 is 2.23 bits per heavy atom. The molecule has 30 heavy (non-hydrogen) atoms. The predicted octanol–water partition coefficient (Wildman–Crippen LogP) is 5.46. The summed E-state index contributed by atoms with van der Waals surface area (Å²) in [5.41, 5.74) is 2.13. The van der Waals surface area contributed by atoms with Crippen molar-refractivity contribution < 1.29 is 9.59 Å². The molecule has 162 valence electrons. The normalized spacial score (nSPS) is 12.8. The number of hydrogen-bond donors (Lipinski definition) is 1. The first-order valence-corrected chi connectivity index (χ1v) is 11.7. The number of carbonyl (C=O) groups excluding carboxylic acids is 2. The number of amides is 2. The van der Waals surface area contributed by atoms with Crippen molar-refractivity contribution in [1.29, 1.82) is 0 Å². The molecule has 0 aliphatic carbocycles. The minimum Gasteiger partial charge on any atom is -0.352 e. The molecule has 0 fully saturated rings. The summed E-state index contributed by atoms with van der Waals surface area (Å²) in [7, 11) is 0. The second-order valence-electron chi connectivity index (χ2n) is 7.49. The number of rotatable bonds is 10. The van der Waals surface area contributed by atoms with Gasteiger partial charge in [-0.15, -0.1) is 11.8 Å². The summed E-state index contributed by atoms with van der Waals surface area (Å²) in [5.74, 6) is 0.125. The fourth-order valence-electron chi connectivity index (χ4n) is 3.01. The van der Waals surface area contributed by atoms with Crippen LogP contribution in [0.2, 0.25) is 5.02 Å². The Bertz CT molecular complexity index is 824. The van der Waals surface area contributed by atoms with E-state index >= 15 is 0 Å². The minimum atomic E-state index is -0.513. The zero-order chi connectivity index (χ0) is 22.1. The Hall–Kier alpha value is -1.98. The second kappa shape index (κ2) is 12.0. The van der Waals surface area contributed by atoms with Crippen LogP contribution in [0.1, 0.15) is 44.7 Å². The highest BCUT2D eigenvalue weighted by Crippen LogP contribution is 2.21. The highest BCUT2D eigenvalue weighted by molar-refractivity contribution is 8.00. The van der Waals surface area contributed by atoms with Crippen molar-refractivity contribution in [3.8, 4) is 0 Å². The maximum absolute atomic E-state index is 13.2. The maximum atomic E-state index is 13.2. The largest absolute Gasteiger partial charge is 0.352 e. The summed E-state index contributed by atoms with van der Waals surface area (Å²) >= 11 is 7.50. The number of halogens is 1. The molecular weight excluding hydrogens is 416 g/mol. The number of carbonyl (C=O) groups is 2. The van der Waals surface area contributed by atoms with Crippen molar-refractivity contribution in [2.45, 2.75) is 64.1 Å². The Kier molecular flexibility index (Phi) is 9.73. The molecule has 0 radical (unpaired) electrons. The van der Waals surface area contributed by atoms with Gasteiger partial charge >= 0.3 is 0 Å². The first kappa shape index (κ1) is 24.3. The van der Waals surface area contributed by atoms with Gasteiger partial charge in [-0.25, -0.2) is 0 Å². The maximum Gasteiger partial charge on any atom is 0.243 e. The molecule has 0 spiro atoms. The van der Waals surface area contributed by atoms with Gasteiger partial charge in [0.1, 0.15) is 6.04 Å². The van der Waals surface area contributed by atoms with Crippen molar-refractivity contribution in [3.05, 3.63) is 64.7 Å². The molecule has 0 aliphatic rings. The molecule has 2 unspecified atom stereocenters. The van der Waals surface area contributed by atoms with E-state index in [4.69, 9.17) is 11.6 Å². The topological polar surface area (TPSA) is 49.4 Å². The van der Waals surface area contributed by atoms with Crippen LogP contribution in [0.5, 0.6) is 0 Å². The molecule has 2 aromatic rings. The van der Waals surface area contributed by atoms with E-state index in [-0.39, 0.29) is 23.6 Å². The molecule has 2 rings (SSSR count). The van der Waals surface area contributed by atoms with Gasteiger partial charge in [-0.2, -0.15) is 0 Å². The number of benzene rings is 2. The smallest absolute Gasteiger partial charge is 0.243 e. The van der Waals surface area contributed by atoms with Crippen LogP contribution >= 0.6 is 23.4 Å². The lowest BCUT2D eigenvalue weighted by molar-refractivity contribution is -0.139. The second-order valence-corrected chi connectivity index (χ2v) is 8.98. The van der Waals surface area contributed by atoms with E-state index in [2.05, 4.69) is 5.32 Å². The average molecular weight is 447 g/mol. The third-order valence-corrected chi connectivity index (χ3v) is 6.29. The van der Waals surface area contributed by atoms with Crippen molar-refractivity contribution in [3.63, 3.8) is 0 Å². The summed E-state index contributed by atoms with van der Waals surface area (Å²) in [6.07, 6.45) is 1.40. The summed E-state index contributed by atoms with van der Waals surface area (Å²) in [4.78, 5) is 28.9. The van der Waals surface area contributed by atoms with Gasteiger partial charge in [0.2, 0.25) is 11.8 Å². The monoisotopic (exact) mass is 446 g/mol. The van der Waals surface area contributed by atoms with Crippen LogP contribution in [0.25, 0.3) is 0 Å². The molecular formula is C24H31ClN2O2S. The number of nitrogens with one attached hydrogen (secondary N) is 1. The molecule has 0 saturated heterocycles.